The van der Waals surface area contributed by atoms with Crippen molar-refractivity contribution in [2.45, 2.75) is 20.5 Å². The Kier molecular flexibility index (Phi) is 5.41. The van der Waals surface area contributed by atoms with E-state index < -0.39 is 0 Å². The lowest BCUT2D eigenvalue weighted by Crippen LogP contribution is -2.11. The van der Waals surface area contributed by atoms with Crippen LogP contribution in [0.5, 0.6) is 5.75 Å². The highest BCUT2D eigenvalue weighted by atomic mass is 35.5. The van der Waals surface area contributed by atoms with Crippen LogP contribution in [0.15, 0.2) is 53.9 Å². The molecule has 2 aromatic carbocycles. The number of benzene rings is 2. The lowest BCUT2D eigenvalue weighted by atomic mass is 10.1. The molecule has 1 heterocycles. The maximum absolute atomic E-state index is 12.5. The Morgan fingerprint density at radius 3 is 2.76 bits per heavy atom. The van der Waals surface area contributed by atoms with E-state index >= 15 is 0 Å². The average Bonchev–Trinajstić information content (AvgIpc) is 3.06. The van der Waals surface area contributed by atoms with Gasteiger partial charge in [-0.05, 0) is 60.7 Å². The molecule has 0 spiro atoms. The molecule has 0 radical (unpaired) electrons. The largest absolute Gasteiger partial charge is 0.489 e. The lowest BCUT2D eigenvalue weighted by molar-refractivity contribution is 0.103. The molecule has 3 rings (SSSR count). The first-order chi connectivity index (χ1) is 12.0. The summed E-state index contributed by atoms with van der Waals surface area (Å²) < 4.78 is 5.71. The molecule has 0 bridgehead atoms. The number of carbonyl (C=O) groups is 1. The predicted molar refractivity (Wildman–Crippen MR) is 104 cm³/mol. The van der Waals surface area contributed by atoms with Crippen molar-refractivity contribution in [2.75, 3.05) is 5.32 Å². The van der Waals surface area contributed by atoms with Crippen molar-refractivity contribution >= 4 is 34.5 Å². The number of anilines is 1. The van der Waals surface area contributed by atoms with Gasteiger partial charge >= 0.3 is 0 Å². The number of ether oxygens (including phenoxy) is 1. The van der Waals surface area contributed by atoms with Crippen molar-refractivity contribution in [2.24, 2.45) is 0 Å². The summed E-state index contributed by atoms with van der Waals surface area (Å²) in [6.07, 6.45) is 0. The van der Waals surface area contributed by atoms with E-state index in [1.54, 1.807) is 12.1 Å². The molecular formula is C20H18ClNO2S. The van der Waals surface area contributed by atoms with Crippen LogP contribution in [0.1, 0.15) is 26.4 Å². The molecule has 0 aliphatic rings. The van der Waals surface area contributed by atoms with Gasteiger partial charge in [0.05, 0.1) is 4.88 Å². The summed E-state index contributed by atoms with van der Waals surface area (Å²) in [6, 6.07) is 15.0. The van der Waals surface area contributed by atoms with E-state index in [0.29, 0.717) is 22.3 Å². The van der Waals surface area contributed by atoms with Crippen molar-refractivity contribution in [3.05, 3.63) is 80.5 Å². The molecule has 0 fully saturated rings. The standard InChI is InChI=1S/C20H18ClNO2S/c1-13-5-3-8-18(14(13)2)22-20(23)19-9-15(12-25-19)11-24-17-7-4-6-16(21)10-17/h3-10,12H,11H2,1-2H3,(H,22,23). The van der Waals surface area contributed by atoms with E-state index in [0.717, 1.165) is 22.4 Å². The first-order valence-corrected chi connectivity index (χ1v) is 9.12. The van der Waals surface area contributed by atoms with Crippen molar-refractivity contribution in [1.82, 2.24) is 0 Å². The van der Waals surface area contributed by atoms with Gasteiger partial charge in [-0.3, -0.25) is 4.79 Å². The monoisotopic (exact) mass is 371 g/mol. The van der Waals surface area contributed by atoms with Crippen molar-refractivity contribution < 1.29 is 9.53 Å². The molecule has 5 heteroatoms. The van der Waals surface area contributed by atoms with Gasteiger partial charge < -0.3 is 10.1 Å². The molecule has 0 atom stereocenters. The van der Waals surface area contributed by atoms with E-state index in [1.807, 2.05) is 55.6 Å². The van der Waals surface area contributed by atoms with E-state index in [9.17, 15) is 4.79 Å². The van der Waals surface area contributed by atoms with E-state index in [2.05, 4.69) is 5.32 Å². The third kappa shape index (κ3) is 4.41. The summed E-state index contributed by atoms with van der Waals surface area (Å²) in [4.78, 5) is 13.1. The molecule has 0 saturated carbocycles. The zero-order valence-corrected chi connectivity index (χ0v) is 15.6. The predicted octanol–water partition coefficient (Wildman–Crippen LogP) is 5.85. The van der Waals surface area contributed by atoms with Crippen molar-refractivity contribution in [3.8, 4) is 5.75 Å². The van der Waals surface area contributed by atoms with Gasteiger partial charge in [-0.1, -0.05) is 29.8 Å². The van der Waals surface area contributed by atoms with Crippen LogP contribution in [0.25, 0.3) is 0 Å². The molecule has 0 unspecified atom stereocenters. The molecule has 0 saturated heterocycles. The molecule has 1 aromatic heterocycles. The van der Waals surface area contributed by atoms with Crippen LogP contribution >= 0.6 is 22.9 Å². The van der Waals surface area contributed by atoms with Gasteiger partial charge in [0.1, 0.15) is 12.4 Å². The van der Waals surface area contributed by atoms with Crippen LogP contribution in [0.3, 0.4) is 0 Å². The number of amides is 1. The number of halogens is 1. The lowest BCUT2D eigenvalue weighted by Gasteiger charge is -2.09. The molecule has 3 aromatic rings. The summed E-state index contributed by atoms with van der Waals surface area (Å²) >= 11 is 7.35. The second kappa shape index (κ2) is 7.72. The van der Waals surface area contributed by atoms with E-state index in [4.69, 9.17) is 16.3 Å². The van der Waals surface area contributed by atoms with Gasteiger partial charge in [0.15, 0.2) is 0 Å². The highest BCUT2D eigenvalue weighted by Gasteiger charge is 2.11. The first kappa shape index (κ1) is 17.5. The summed E-state index contributed by atoms with van der Waals surface area (Å²) in [7, 11) is 0. The topological polar surface area (TPSA) is 38.3 Å². The smallest absolute Gasteiger partial charge is 0.265 e. The highest BCUT2D eigenvalue weighted by molar-refractivity contribution is 7.12. The summed E-state index contributed by atoms with van der Waals surface area (Å²) in [5.41, 5.74) is 4.03. The third-order valence-corrected chi connectivity index (χ3v) is 5.14. The second-order valence-electron chi connectivity index (χ2n) is 5.77. The zero-order valence-electron chi connectivity index (χ0n) is 14.0. The van der Waals surface area contributed by atoms with Gasteiger partial charge in [0, 0.05) is 16.3 Å². The average molecular weight is 372 g/mol. The Morgan fingerprint density at radius 2 is 1.96 bits per heavy atom. The Labute approximate surface area is 156 Å². The Morgan fingerprint density at radius 1 is 1.16 bits per heavy atom. The highest BCUT2D eigenvalue weighted by Crippen LogP contribution is 2.23. The zero-order chi connectivity index (χ0) is 17.8. The SMILES string of the molecule is Cc1cccc(NC(=O)c2cc(COc3cccc(Cl)c3)cs2)c1C. The molecule has 0 aliphatic carbocycles. The van der Waals surface area contributed by atoms with E-state index in [-0.39, 0.29) is 5.91 Å². The van der Waals surface area contributed by atoms with Gasteiger partial charge in [-0.25, -0.2) is 0 Å². The first-order valence-electron chi connectivity index (χ1n) is 7.86. The normalized spacial score (nSPS) is 10.5. The molecule has 0 aliphatic heterocycles. The van der Waals surface area contributed by atoms with E-state index in [1.165, 1.54) is 11.3 Å². The Balaban J connectivity index is 1.64. The van der Waals surface area contributed by atoms with Crippen LogP contribution < -0.4 is 10.1 Å². The van der Waals surface area contributed by atoms with Crippen LogP contribution in [-0.4, -0.2) is 5.91 Å². The quantitative estimate of drug-likeness (QED) is 0.610. The molecular weight excluding hydrogens is 354 g/mol. The molecule has 1 N–H and O–H groups in total. The van der Waals surface area contributed by atoms with Crippen LogP contribution in [0.2, 0.25) is 5.02 Å². The summed E-state index contributed by atoms with van der Waals surface area (Å²) in [5, 5.41) is 5.54. The van der Waals surface area contributed by atoms with Gasteiger partial charge in [-0.2, -0.15) is 0 Å². The molecule has 128 valence electrons. The van der Waals surface area contributed by atoms with Crippen molar-refractivity contribution in [1.29, 1.82) is 0 Å². The maximum Gasteiger partial charge on any atom is 0.265 e. The number of hydrogen-bond acceptors (Lipinski definition) is 3. The number of hydrogen-bond donors (Lipinski definition) is 1. The molecule has 1 amide bonds. The Bertz CT molecular complexity index is 904. The number of nitrogens with one attached hydrogen (secondary N) is 1. The summed E-state index contributed by atoms with van der Waals surface area (Å²) in [6.45, 7) is 4.43. The number of rotatable bonds is 5. The number of carbonyl (C=O) groups excluding carboxylic acids is 1. The van der Waals surface area contributed by atoms with Crippen LogP contribution in [0, 0.1) is 13.8 Å². The number of aryl methyl sites for hydroxylation is 1. The van der Waals surface area contributed by atoms with Crippen LogP contribution in [-0.2, 0) is 6.61 Å². The minimum Gasteiger partial charge on any atom is -0.489 e. The fourth-order valence-corrected chi connectivity index (χ4v) is 3.34. The minimum absolute atomic E-state index is 0.104. The van der Waals surface area contributed by atoms with Gasteiger partial charge in [0.2, 0.25) is 0 Å². The fraction of sp³-hybridized carbons (Fsp3) is 0.150. The van der Waals surface area contributed by atoms with Gasteiger partial charge in [-0.15, -0.1) is 11.3 Å². The van der Waals surface area contributed by atoms with Gasteiger partial charge in [0.25, 0.3) is 5.91 Å². The Hall–Kier alpha value is -2.30. The third-order valence-electron chi connectivity index (χ3n) is 3.93. The molecule has 25 heavy (non-hydrogen) atoms. The minimum atomic E-state index is -0.104. The summed E-state index contributed by atoms with van der Waals surface area (Å²) in [5.74, 6) is 0.604. The fourth-order valence-electron chi connectivity index (χ4n) is 2.36. The molecule has 3 nitrogen and oxygen atoms in total. The van der Waals surface area contributed by atoms with Crippen LogP contribution in [0.4, 0.5) is 5.69 Å². The second-order valence-corrected chi connectivity index (χ2v) is 7.11. The maximum atomic E-state index is 12.5. The number of thiophene rings is 1. The van der Waals surface area contributed by atoms with Crippen molar-refractivity contribution in [3.63, 3.8) is 0 Å².